The summed E-state index contributed by atoms with van der Waals surface area (Å²) in [7, 11) is 0. The fraction of sp³-hybridized carbons (Fsp3) is 0.875. The molecule has 12 heavy (non-hydrogen) atoms. The molecule has 1 aliphatic rings. The summed E-state index contributed by atoms with van der Waals surface area (Å²) >= 11 is 1.56. The molecule has 2 N–H and O–H groups in total. The van der Waals surface area contributed by atoms with E-state index in [4.69, 9.17) is 10.5 Å². The van der Waals surface area contributed by atoms with E-state index in [-0.39, 0.29) is 22.9 Å². The Balaban J connectivity index is 2.44. The van der Waals surface area contributed by atoms with E-state index in [1.165, 1.54) is 0 Å². The van der Waals surface area contributed by atoms with Crippen molar-refractivity contribution < 1.29 is 9.53 Å². The fourth-order valence-corrected chi connectivity index (χ4v) is 2.11. The van der Waals surface area contributed by atoms with Gasteiger partial charge in [-0.2, -0.15) is 0 Å². The van der Waals surface area contributed by atoms with Gasteiger partial charge in [-0.1, -0.05) is 0 Å². The summed E-state index contributed by atoms with van der Waals surface area (Å²) < 4.78 is 5.05. The van der Waals surface area contributed by atoms with Gasteiger partial charge in [0.15, 0.2) is 0 Å². The minimum absolute atomic E-state index is 0.0468. The average molecular weight is 189 g/mol. The Morgan fingerprint density at radius 1 is 1.75 bits per heavy atom. The number of esters is 1. The van der Waals surface area contributed by atoms with E-state index in [1.807, 2.05) is 20.8 Å². The molecule has 0 saturated carbocycles. The van der Waals surface area contributed by atoms with Crippen molar-refractivity contribution in [3.63, 3.8) is 0 Å². The Morgan fingerprint density at radius 3 is 2.58 bits per heavy atom. The second kappa shape index (κ2) is 3.26. The van der Waals surface area contributed by atoms with Crippen molar-refractivity contribution in [2.45, 2.75) is 37.7 Å². The number of hydrogen-bond donors (Lipinski definition) is 1. The molecule has 1 aliphatic heterocycles. The minimum Gasteiger partial charge on any atom is -0.462 e. The molecule has 0 aromatic carbocycles. The molecule has 0 bridgehead atoms. The highest BCUT2D eigenvalue weighted by Gasteiger charge is 2.46. The molecule has 0 spiro atoms. The maximum absolute atomic E-state index is 11.3. The summed E-state index contributed by atoms with van der Waals surface area (Å²) in [6, 6.07) is 0. The Labute approximate surface area is 77.0 Å². The van der Waals surface area contributed by atoms with Gasteiger partial charge in [-0.3, -0.25) is 4.79 Å². The van der Waals surface area contributed by atoms with Crippen LogP contribution in [0.25, 0.3) is 0 Å². The van der Waals surface area contributed by atoms with Crippen molar-refractivity contribution in [2.24, 2.45) is 5.73 Å². The molecule has 1 heterocycles. The molecule has 0 aromatic rings. The number of carbonyl (C=O) groups excluding carboxylic acids is 1. The Bertz CT molecular complexity index is 191. The first-order chi connectivity index (χ1) is 5.43. The van der Waals surface area contributed by atoms with E-state index in [9.17, 15) is 4.79 Å². The number of carbonyl (C=O) groups is 1. The molecule has 1 unspecified atom stereocenters. The lowest BCUT2D eigenvalue weighted by Crippen LogP contribution is -2.60. The van der Waals surface area contributed by atoms with Gasteiger partial charge in [0.25, 0.3) is 0 Å². The Hall–Kier alpha value is -0.220. The van der Waals surface area contributed by atoms with Crippen molar-refractivity contribution in [2.75, 3.05) is 5.75 Å². The molecule has 1 fully saturated rings. The summed E-state index contributed by atoms with van der Waals surface area (Å²) in [5.41, 5.74) is 5.46. The molecule has 0 radical (unpaired) electrons. The van der Waals surface area contributed by atoms with Gasteiger partial charge in [-0.25, -0.2) is 0 Å². The molecule has 70 valence electrons. The summed E-state index contributed by atoms with van der Waals surface area (Å²) in [4.78, 5) is 11.3. The first kappa shape index (κ1) is 9.86. The topological polar surface area (TPSA) is 52.3 Å². The summed E-state index contributed by atoms with van der Waals surface area (Å²) in [5, 5.41) is -0.167. The predicted molar refractivity (Wildman–Crippen MR) is 50.1 cm³/mol. The third kappa shape index (κ3) is 1.93. The smallest absolute Gasteiger partial charge is 0.321 e. The van der Waals surface area contributed by atoms with Crippen LogP contribution in [0.15, 0.2) is 0 Å². The second-order valence-corrected chi connectivity index (χ2v) is 4.78. The number of rotatable bonds is 2. The fourth-order valence-electron chi connectivity index (χ4n) is 1.06. The molecule has 0 amide bonds. The van der Waals surface area contributed by atoms with Crippen LogP contribution in [0, 0.1) is 0 Å². The van der Waals surface area contributed by atoms with Gasteiger partial charge < -0.3 is 10.5 Å². The lowest BCUT2D eigenvalue weighted by molar-refractivity contribution is -0.148. The third-order valence-electron chi connectivity index (χ3n) is 1.73. The van der Waals surface area contributed by atoms with Crippen molar-refractivity contribution in [3.8, 4) is 0 Å². The molecule has 0 aliphatic carbocycles. The van der Waals surface area contributed by atoms with E-state index in [1.54, 1.807) is 11.8 Å². The van der Waals surface area contributed by atoms with E-state index in [0.717, 1.165) is 5.75 Å². The summed E-state index contributed by atoms with van der Waals surface area (Å²) in [6.07, 6.45) is -0.0468. The van der Waals surface area contributed by atoms with Gasteiger partial charge in [-0.05, 0) is 20.8 Å². The van der Waals surface area contributed by atoms with Gasteiger partial charge in [0.05, 0.1) is 6.10 Å². The van der Waals surface area contributed by atoms with Crippen LogP contribution >= 0.6 is 11.8 Å². The first-order valence-electron chi connectivity index (χ1n) is 4.04. The van der Waals surface area contributed by atoms with Crippen LogP contribution in [0.3, 0.4) is 0 Å². The van der Waals surface area contributed by atoms with E-state index in [2.05, 4.69) is 0 Å². The quantitative estimate of drug-likeness (QED) is 0.652. The van der Waals surface area contributed by atoms with Gasteiger partial charge >= 0.3 is 5.97 Å². The highest BCUT2D eigenvalue weighted by Crippen LogP contribution is 2.36. The molecule has 4 heteroatoms. The number of thioether (sulfide) groups is 1. The van der Waals surface area contributed by atoms with Gasteiger partial charge in [0.2, 0.25) is 0 Å². The lowest BCUT2D eigenvalue weighted by atomic mass is 10.0. The van der Waals surface area contributed by atoms with Crippen LogP contribution in [0.4, 0.5) is 0 Å². The summed E-state index contributed by atoms with van der Waals surface area (Å²) in [6.45, 7) is 5.57. The zero-order valence-electron chi connectivity index (χ0n) is 7.66. The summed E-state index contributed by atoms with van der Waals surface area (Å²) in [5.74, 6) is 0.663. The Morgan fingerprint density at radius 2 is 2.33 bits per heavy atom. The van der Waals surface area contributed by atoms with Gasteiger partial charge in [0, 0.05) is 11.3 Å². The van der Waals surface area contributed by atoms with Crippen LogP contribution in [-0.2, 0) is 9.53 Å². The molecule has 1 rings (SSSR count). The third-order valence-corrected chi connectivity index (χ3v) is 3.58. The van der Waals surface area contributed by atoms with E-state index < -0.39 is 0 Å². The monoisotopic (exact) mass is 189 g/mol. The minimum atomic E-state index is -0.364. The average Bonchev–Trinajstić information content (AvgIpc) is 1.83. The van der Waals surface area contributed by atoms with Crippen LogP contribution in [0.5, 0.6) is 0 Å². The second-order valence-electron chi connectivity index (χ2n) is 3.68. The van der Waals surface area contributed by atoms with E-state index in [0.29, 0.717) is 0 Å². The zero-order chi connectivity index (χ0) is 9.35. The Kier molecular flexibility index (Phi) is 2.68. The normalized spacial score (nSPS) is 34.6. The number of hydrogen-bond acceptors (Lipinski definition) is 4. The van der Waals surface area contributed by atoms with Crippen LogP contribution in [0.1, 0.15) is 20.8 Å². The van der Waals surface area contributed by atoms with Gasteiger partial charge in [-0.15, -0.1) is 11.8 Å². The molecular weight excluding hydrogens is 174 g/mol. The molecular formula is C8H15NO2S. The standard InChI is InChI=1S/C8H15NO2S/c1-5(2)11-7(10)6-8(3,9)4-12-6/h5-6H,4,9H2,1-3H3/t6?,8-/m1/s1. The first-order valence-corrected chi connectivity index (χ1v) is 5.09. The number of nitrogens with two attached hydrogens (primary N) is 1. The van der Waals surface area contributed by atoms with Crippen molar-refractivity contribution >= 4 is 17.7 Å². The highest BCUT2D eigenvalue weighted by atomic mass is 32.2. The maximum atomic E-state index is 11.3. The molecule has 1 saturated heterocycles. The lowest BCUT2D eigenvalue weighted by Gasteiger charge is -2.41. The SMILES string of the molecule is CC(C)OC(=O)C1SC[C@@]1(C)N. The van der Waals surface area contributed by atoms with Crippen molar-refractivity contribution in [3.05, 3.63) is 0 Å². The molecule has 3 nitrogen and oxygen atoms in total. The highest BCUT2D eigenvalue weighted by molar-refractivity contribution is 8.02. The van der Waals surface area contributed by atoms with E-state index >= 15 is 0 Å². The molecule has 0 aromatic heterocycles. The maximum Gasteiger partial charge on any atom is 0.321 e. The number of ether oxygens (including phenoxy) is 1. The van der Waals surface area contributed by atoms with Crippen molar-refractivity contribution in [1.29, 1.82) is 0 Å². The predicted octanol–water partition coefficient (Wildman–Crippen LogP) is 0.771. The van der Waals surface area contributed by atoms with Crippen molar-refractivity contribution in [1.82, 2.24) is 0 Å². The van der Waals surface area contributed by atoms with Gasteiger partial charge in [0.1, 0.15) is 5.25 Å². The largest absolute Gasteiger partial charge is 0.462 e. The van der Waals surface area contributed by atoms with Crippen LogP contribution < -0.4 is 5.73 Å². The zero-order valence-corrected chi connectivity index (χ0v) is 8.48. The molecule has 2 atom stereocenters. The van der Waals surface area contributed by atoms with Crippen LogP contribution in [-0.4, -0.2) is 28.6 Å². The van der Waals surface area contributed by atoms with Crippen LogP contribution in [0.2, 0.25) is 0 Å².